The third-order valence-electron chi connectivity index (χ3n) is 3.78. The van der Waals surface area contributed by atoms with Gasteiger partial charge in [0.25, 0.3) is 5.91 Å². The lowest BCUT2D eigenvalue weighted by Gasteiger charge is -2.07. The van der Waals surface area contributed by atoms with E-state index in [0.29, 0.717) is 0 Å². The number of carbonyl (C=O) groups excluding carboxylic acids is 1. The SMILES string of the molecule is Brc1ccn2cc(-c3ccccc3)nc2c1.O=C(NC(F)(F)F)c1ccccc1. The largest absolute Gasteiger partial charge is 0.484 e. The van der Waals surface area contributed by atoms with Crippen LogP contribution in [0.2, 0.25) is 0 Å². The van der Waals surface area contributed by atoms with Crippen molar-refractivity contribution in [2.45, 2.75) is 6.30 Å². The maximum atomic E-state index is 11.7. The zero-order chi connectivity index (χ0) is 20.9. The van der Waals surface area contributed by atoms with Gasteiger partial charge in [-0.05, 0) is 24.3 Å². The summed E-state index contributed by atoms with van der Waals surface area (Å²) < 4.78 is 38.0. The van der Waals surface area contributed by atoms with Crippen molar-refractivity contribution in [3.63, 3.8) is 0 Å². The number of halogens is 4. The van der Waals surface area contributed by atoms with Gasteiger partial charge in [-0.1, -0.05) is 64.5 Å². The molecule has 148 valence electrons. The van der Waals surface area contributed by atoms with E-state index in [0.717, 1.165) is 26.7 Å². The minimum atomic E-state index is -4.67. The average molecular weight is 462 g/mol. The molecule has 0 bridgehead atoms. The van der Waals surface area contributed by atoms with Gasteiger partial charge in [-0.15, -0.1) is 0 Å². The highest BCUT2D eigenvalue weighted by Crippen LogP contribution is 2.20. The van der Waals surface area contributed by atoms with E-state index in [-0.39, 0.29) is 5.56 Å². The number of nitrogens with zero attached hydrogens (tertiary/aromatic N) is 2. The molecule has 0 saturated carbocycles. The van der Waals surface area contributed by atoms with Crippen LogP contribution < -0.4 is 5.32 Å². The fraction of sp³-hybridized carbons (Fsp3) is 0.0476. The summed E-state index contributed by atoms with van der Waals surface area (Å²) in [5.41, 5.74) is 3.08. The molecule has 1 amide bonds. The van der Waals surface area contributed by atoms with E-state index in [2.05, 4.69) is 33.0 Å². The van der Waals surface area contributed by atoms with Crippen LogP contribution in [0.15, 0.2) is 89.7 Å². The number of benzene rings is 2. The summed E-state index contributed by atoms with van der Waals surface area (Å²) in [5.74, 6) is -1.15. The quantitative estimate of drug-likeness (QED) is 0.389. The van der Waals surface area contributed by atoms with Crippen LogP contribution in [0.5, 0.6) is 0 Å². The van der Waals surface area contributed by atoms with Crippen molar-refractivity contribution in [1.82, 2.24) is 14.7 Å². The van der Waals surface area contributed by atoms with Gasteiger partial charge in [0.1, 0.15) is 5.65 Å². The smallest absolute Gasteiger partial charge is 0.306 e. The van der Waals surface area contributed by atoms with E-state index in [4.69, 9.17) is 0 Å². The van der Waals surface area contributed by atoms with E-state index in [9.17, 15) is 18.0 Å². The predicted molar refractivity (Wildman–Crippen MR) is 108 cm³/mol. The zero-order valence-electron chi connectivity index (χ0n) is 14.9. The average Bonchev–Trinajstić information content (AvgIpc) is 3.12. The van der Waals surface area contributed by atoms with Gasteiger partial charge in [-0.2, -0.15) is 13.2 Å². The molecule has 0 saturated heterocycles. The lowest BCUT2D eigenvalue weighted by Crippen LogP contribution is -2.37. The molecule has 0 radical (unpaired) electrons. The van der Waals surface area contributed by atoms with Crippen molar-refractivity contribution in [2.24, 2.45) is 0 Å². The van der Waals surface area contributed by atoms with E-state index in [1.54, 1.807) is 6.07 Å². The molecule has 4 nitrogen and oxygen atoms in total. The van der Waals surface area contributed by atoms with Gasteiger partial charge in [0, 0.05) is 28.0 Å². The second kappa shape index (κ2) is 8.91. The number of alkyl halides is 3. The standard InChI is InChI=1S/C13H9BrN2.C8H6F3NO/c14-11-6-7-16-9-12(15-13(16)8-11)10-4-2-1-3-5-10;9-8(10,11)12-7(13)6-4-2-1-3-5-6/h1-9H;1-5H,(H,12,13). The van der Waals surface area contributed by atoms with Crippen LogP contribution in [0.1, 0.15) is 10.4 Å². The molecule has 0 aliphatic heterocycles. The summed E-state index contributed by atoms with van der Waals surface area (Å²) in [6.45, 7) is 0. The fourth-order valence-electron chi connectivity index (χ4n) is 2.50. The monoisotopic (exact) mass is 461 g/mol. The number of aromatic nitrogens is 2. The molecule has 0 unspecified atom stereocenters. The number of amides is 1. The molecule has 0 fully saturated rings. The first-order valence-corrected chi connectivity index (χ1v) is 9.25. The number of pyridine rings is 1. The molecule has 2 aromatic heterocycles. The van der Waals surface area contributed by atoms with E-state index < -0.39 is 12.2 Å². The number of nitrogens with one attached hydrogen (secondary N) is 1. The van der Waals surface area contributed by atoms with Crippen LogP contribution in [0.4, 0.5) is 13.2 Å². The van der Waals surface area contributed by atoms with Crippen LogP contribution >= 0.6 is 15.9 Å². The molecule has 4 rings (SSSR count). The topological polar surface area (TPSA) is 46.4 Å². The molecule has 4 aromatic rings. The predicted octanol–water partition coefficient (Wildman–Crippen LogP) is 5.70. The van der Waals surface area contributed by atoms with Gasteiger partial charge in [0.2, 0.25) is 0 Å². The van der Waals surface area contributed by atoms with Crippen LogP contribution in [-0.4, -0.2) is 21.6 Å². The second-order valence-electron chi connectivity index (χ2n) is 5.92. The Labute approximate surface area is 173 Å². The van der Waals surface area contributed by atoms with E-state index >= 15 is 0 Å². The van der Waals surface area contributed by atoms with Crippen molar-refractivity contribution in [3.8, 4) is 11.3 Å². The maximum Gasteiger partial charge on any atom is 0.484 e. The van der Waals surface area contributed by atoms with Gasteiger partial charge < -0.3 is 4.40 Å². The molecule has 2 heterocycles. The number of carbonyl (C=O) groups is 1. The molecular weight excluding hydrogens is 447 g/mol. The molecule has 0 atom stereocenters. The van der Waals surface area contributed by atoms with Crippen molar-refractivity contribution in [2.75, 3.05) is 0 Å². The third kappa shape index (κ3) is 5.92. The van der Waals surface area contributed by atoms with Gasteiger partial charge >= 0.3 is 6.30 Å². The Balaban J connectivity index is 0.000000170. The Hall–Kier alpha value is -3.13. The van der Waals surface area contributed by atoms with Crippen molar-refractivity contribution in [1.29, 1.82) is 0 Å². The fourth-order valence-corrected chi connectivity index (χ4v) is 2.82. The highest BCUT2D eigenvalue weighted by Gasteiger charge is 2.30. The van der Waals surface area contributed by atoms with Crippen LogP contribution in [0.3, 0.4) is 0 Å². The summed E-state index contributed by atoms with van der Waals surface area (Å²) in [6, 6.07) is 21.4. The summed E-state index contributed by atoms with van der Waals surface area (Å²) in [5, 5.41) is 0.896. The Morgan fingerprint density at radius 2 is 1.59 bits per heavy atom. The first-order valence-electron chi connectivity index (χ1n) is 8.46. The third-order valence-corrected chi connectivity index (χ3v) is 4.28. The van der Waals surface area contributed by atoms with E-state index in [1.165, 1.54) is 24.3 Å². The van der Waals surface area contributed by atoms with Gasteiger partial charge in [-0.3, -0.25) is 10.1 Å². The molecule has 2 aromatic carbocycles. The normalized spacial score (nSPS) is 10.9. The van der Waals surface area contributed by atoms with Gasteiger partial charge in [0.15, 0.2) is 0 Å². The van der Waals surface area contributed by atoms with Crippen LogP contribution in [0, 0.1) is 0 Å². The maximum absolute atomic E-state index is 11.7. The molecule has 8 heteroatoms. The highest BCUT2D eigenvalue weighted by atomic mass is 79.9. The zero-order valence-corrected chi connectivity index (χ0v) is 16.5. The molecule has 0 aliphatic rings. The summed E-state index contributed by atoms with van der Waals surface area (Å²) in [6.07, 6.45) is -0.636. The molecular formula is C21H15BrF3N3O. The summed E-state index contributed by atoms with van der Waals surface area (Å²) in [7, 11) is 0. The number of hydrogen-bond acceptors (Lipinski definition) is 2. The lowest BCUT2D eigenvalue weighted by atomic mass is 10.2. The van der Waals surface area contributed by atoms with Crippen molar-refractivity contribution >= 4 is 27.5 Å². The Morgan fingerprint density at radius 1 is 0.966 bits per heavy atom. The minimum absolute atomic E-state index is 0.0141. The van der Waals surface area contributed by atoms with Crippen LogP contribution in [0.25, 0.3) is 16.9 Å². The number of fused-ring (bicyclic) bond motifs is 1. The summed E-state index contributed by atoms with van der Waals surface area (Å²) in [4.78, 5) is 15.4. The van der Waals surface area contributed by atoms with Crippen LogP contribution in [-0.2, 0) is 0 Å². The highest BCUT2D eigenvalue weighted by molar-refractivity contribution is 9.10. The molecule has 1 N–H and O–H groups in total. The Bertz CT molecular complexity index is 1100. The Kier molecular flexibility index (Phi) is 6.33. The first kappa shape index (κ1) is 20.6. The lowest BCUT2D eigenvalue weighted by molar-refractivity contribution is -0.146. The molecule has 0 spiro atoms. The molecule has 29 heavy (non-hydrogen) atoms. The number of rotatable bonds is 2. The number of imidazole rings is 1. The van der Waals surface area contributed by atoms with Crippen molar-refractivity contribution in [3.05, 3.63) is 95.2 Å². The Morgan fingerprint density at radius 3 is 2.21 bits per heavy atom. The van der Waals surface area contributed by atoms with Gasteiger partial charge in [-0.25, -0.2) is 4.98 Å². The number of hydrogen-bond donors (Lipinski definition) is 1. The van der Waals surface area contributed by atoms with E-state index in [1.807, 2.05) is 47.1 Å². The van der Waals surface area contributed by atoms with Crippen molar-refractivity contribution < 1.29 is 18.0 Å². The summed E-state index contributed by atoms with van der Waals surface area (Å²) >= 11 is 3.44. The first-order chi connectivity index (χ1) is 13.8. The minimum Gasteiger partial charge on any atom is -0.306 e. The second-order valence-corrected chi connectivity index (χ2v) is 6.84. The molecule has 0 aliphatic carbocycles. The van der Waals surface area contributed by atoms with Gasteiger partial charge in [0.05, 0.1) is 5.69 Å².